The molecular formula is C13H18N2O2. The fourth-order valence-electron chi connectivity index (χ4n) is 2.21. The molecule has 2 heterocycles. The van der Waals surface area contributed by atoms with E-state index in [-0.39, 0.29) is 5.69 Å². The summed E-state index contributed by atoms with van der Waals surface area (Å²) < 4.78 is 0. The van der Waals surface area contributed by atoms with Gasteiger partial charge in [-0.1, -0.05) is 19.3 Å². The molecule has 2 rings (SSSR count). The zero-order chi connectivity index (χ0) is 12.1. The summed E-state index contributed by atoms with van der Waals surface area (Å²) >= 11 is 0. The molecular weight excluding hydrogens is 216 g/mol. The third-order valence-electron chi connectivity index (χ3n) is 3.19. The Hall–Kier alpha value is -1.58. The smallest absolute Gasteiger partial charge is 0.354 e. The van der Waals surface area contributed by atoms with Gasteiger partial charge >= 0.3 is 5.97 Å². The number of nitrogens with zero attached hydrogens (tertiary/aromatic N) is 2. The van der Waals surface area contributed by atoms with Gasteiger partial charge in [0.15, 0.2) is 0 Å². The minimum Gasteiger partial charge on any atom is -0.477 e. The molecule has 0 spiro atoms. The number of carboxylic acid groups (broad SMARTS) is 1. The maximum Gasteiger partial charge on any atom is 0.354 e. The van der Waals surface area contributed by atoms with Crippen LogP contribution in [0, 0.1) is 0 Å². The Kier molecular flexibility index (Phi) is 3.96. The van der Waals surface area contributed by atoms with Crippen molar-refractivity contribution >= 4 is 11.7 Å². The van der Waals surface area contributed by atoms with E-state index >= 15 is 0 Å². The minimum absolute atomic E-state index is 0.112. The third-order valence-corrected chi connectivity index (χ3v) is 3.19. The van der Waals surface area contributed by atoms with Gasteiger partial charge in [0, 0.05) is 13.1 Å². The van der Waals surface area contributed by atoms with E-state index in [1.165, 1.54) is 32.1 Å². The summed E-state index contributed by atoms with van der Waals surface area (Å²) in [5.41, 5.74) is 1.15. The first-order valence-electron chi connectivity index (χ1n) is 6.21. The molecule has 0 bridgehead atoms. The van der Waals surface area contributed by atoms with Crippen molar-refractivity contribution in [3.8, 4) is 0 Å². The maximum absolute atomic E-state index is 10.7. The van der Waals surface area contributed by atoms with Crippen LogP contribution in [0.25, 0.3) is 0 Å². The summed E-state index contributed by atoms with van der Waals surface area (Å²) in [6.07, 6.45) is 8.00. The lowest BCUT2D eigenvalue weighted by Crippen LogP contribution is -2.27. The van der Waals surface area contributed by atoms with E-state index in [0.29, 0.717) is 0 Å². The van der Waals surface area contributed by atoms with Crippen molar-refractivity contribution in [2.24, 2.45) is 0 Å². The Labute approximate surface area is 101 Å². The highest BCUT2D eigenvalue weighted by Gasteiger charge is 2.10. The van der Waals surface area contributed by atoms with Gasteiger partial charge in [-0.25, -0.2) is 9.78 Å². The zero-order valence-electron chi connectivity index (χ0n) is 9.93. The van der Waals surface area contributed by atoms with Crippen LogP contribution in [0.2, 0.25) is 0 Å². The van der Waals surface area contributed by atoms with E-state index in [0.717, 1.165) is 18.8 Å². The fraction of sp³-hybridized carbons (Fsp3) is 0.538. The predicted molar refractivity (Wildman–Crippen MR) is 66.5 cm³/mol. The van der Waals surface area contributed by atoms with E-state index < -0.39 is 5.97 Å². The monoisotopic (exact) mass is 234 g/mol. The van der Waals surface area contributed by atoms with E-state index in [9.17, 15) is 4.79 Å². The molecule has 0 unspecified atom stereocenters. The average Bonchev–Trinajstić information content (AvgIpc) is 2.29. The van der Waals surface area contributed by atoms with Gasteiger partial charge in [0.25, 0.3) is 0 Å². The molecule has 1 aliphatic rings. The molecule has 0 radical (unpaired) electrons. The fourth-order valence-corrected chi connectivity index (χ4v) is 2.21. The number of hydrogen-bond acceptors (Lipinski definition) is 3. The standard InChI is InChI=1S/C13H18N2O2/c16-13(17)12-7-6-11(10-14-12)15-8-4-2-1-3-5-9-15/h6-7,10H,1-5,8-9H2,(H,16,17). The lowest BCUT2D eigenvalue weighted by molar-refractivity contribution is 0.0690. The van der Waals surface area contributed by atoms with Crippen LogP contribution in [-0.4, -0.2) is 29.1 Å². The number of aromatic carboxylic acids is 1. The number of anilines is 1. The number of carbonyl (C=O) groups is 1. The van der Waals surface area contributed by atoms with E-state index in [2.05, 4.69) is 9.88 Å². The Balaban J connectivity index is 2.06. The normalized spacial score (nSPS) is 17.3. The van der Waals surface area contributed by atoms with Crippen LogP contribution in [-0.2, 0) is 0 Å². The number of pyridine rings is 1. The van der Waals surface area contributed by atoms with Crippen LogP contribution in [0.3, 0.4) is 0 Å². The SMILES string of the molecule is O=C(O)c1ccc(N2CCCCCCC2)cn1. The molecule has 1 fully saturated rings. The number of rotatable bonds is 2. The Morgan fingerprint density at radius 2 is 1.76 bits per heavy atom. The molecule has 92 valence electrons. The van der Waals surface area contributed by atoms with Crippen molar-refractivity contribution < 1.29 is 9.90 Å². The number of hydrogen-bond donors (Lipinski definition) is 1. The first kappa shape index (κ1) is 11.9. The van der Waals surface area contributed by atoms with Crippen LogP contribution in [0.4, 0.5) is 5.69 Å². The van der Waals surface area contributed by atoms with Crippen LogP contribution < -0.4 is 4.90 Å². The second kappa shape index (κ2) is 5.66. The summed E-state index contributed by atoms with van der Waals surface area (Å²) in [5, 5.41) is 8.79. The summed E-state index contributed by atoms with van der Waals surface area (Å²) in [7, 11) is 0. The first-order valence-corrected chi connectivity index (χ1v) is 6.21. The molecule has 1 aromatic rings. The highest BCUT2D eigenvalue weighted by molar-refractivity contribution is 5.85. The van der Waals surface area contributed by atoms with E-state index in [1.54, 1.807) is 12.3 Å². The molecule has 1 aliphatic heterocycles. The number of aromatic nitrogens is 1. The Morgan fingerprint density at radius 3 is 2.29 bits per heavy atom. The topological polar surface area (TPSA) is 53.4 Å². The highest BCUT2D eigenvalue weighted by atomic mass is 16.4. The molecule has 17 heavy (non-hydrogen) atoms. The van der Waals surface area contributed by atoms with Gasteiger partial charge in [-0.2, -0.15) is 0 Å². The molecule has 1 N–H and O–H groups in total. The van der Waals surface area contributed by atoms with E-state index in [4.69, 9.17) is 5.11 Å². The van der Waals surface area contributed by atoms with Crippen LogP contribution in [0.15, 0.2) is 18.3 Å². The highest BCUT2D eigenvalue weighted by Crippen LogP contribution is 2.18. The summed E-state index contributed by atoms with van der Waals surface area (Å²) in [4.78, 5) is 17.0. The van der Waals surface area contributed by atoms with Crippen molar-refractivity contribution in [2.75, 3.05) is 18.0 Å². The lowest BCUT2D eigenvalue weighted by Gasteiger charge is -2.26. The van der Waals surface area contributed by atoms with Gasteiger partial charge in [-0.15, -0.1) is 0 Å². The lowest BCUT2D eigenvalue weighted by atomic mass is 10.1. The van der Waals surface area contributed by atoms with Crippen molar-refractivity contribution in [2.45, 2.75) is 32.1 Å². The van der Waals surface area contributed by atoms with Gasteiger partial charge in [-0.3, -0.25) is 0 Å². The van der Waals surface area contributed by atoms with Gasteiger partial charge in [0.1, 0.15) is 5.69 Å². The van der Waals surface area contributed by atoms with Crippen molar-refractivity contribution in [3.63, 3.8) is 0 Å². The zero-order valence-corrected chi connectivity index (χ0v) is 9.93. The summed E-state index contributed by atoms with van der Waals surface area (Å²) in [5.74, 6) is -0.968. The largest absolute Gasteiger partial charge is 0.477 e. The molecule has 0 aliphatic carbocycles. The second-order valence-corrected chi connectivity index (χ2v) is 4.46. The minimum atomic E-state index is -0.968. The first-order chi connectivity index (χ1) is 8.27. The molecule has 0 saturated carbocycles. The molecule has 0 amide bonds. The third kappa shape index (κ3) is 3.19. The summed E-state index contributed by atoms with van der Waals surface area (Å²) in [6, 6.07) is 3.44. The predicted octanol–water partition coefficient (Wildman–Crippen LogP) is 2.55. The molecule has 0 aromatic carbocycles. The van der Waals surface area contributed by atoms with Gasteiger partial charge in [0.2, 0.25) is 0 Å². The molecule has 1 aromatic heterocycles. The van der Waals surface area contributed by atoms with Gasteiger partial charge in [-0.05, 0) is 25.0 Å². The van der Waals surface area contributed by atoms with Crippen LogP contribution in [0.1, 0.15) is 42.6 Å². The number of carboxylic acids is 1. The van der Waals surface area contributed by atoms with Crippen molar-refractivity contribution in [3.05, 3.63) is 24.0 Å². The molecule has 1 saturated heterocycles. The second-order valence-electron chi connectivity index (χ2n) is 4.46. The molecule has 4 nitrogen and oxygen atoms in total. The van der Waals surface area contributed by atoms with Crippen molar-refractivity contribution in [1.29, 1.82) is 0 Å². The molecule has 0 atom stereocenters. The van der Waals surface area contributed by atoms with Crippen molar-refractivity contribution in [1.82, 2.24) is 4.98 Å². The summed E-state index contributed by atoms with van der Waals surface area (Å²) in [6.45, 7) is 2.10. The van der Waals surface area contributed by atoms with Crippen LogP contribution >= 0.6 is 0 Å². The van der Waals surface area contributed by atoms with E-state index in [1.807, 2.05) is 6.07 Å². The quantitative estimate of drug-likeness (QED) is 0.854. The Bertz CT molecular complexity index is 368. The van der Waals surface area contributed by atoms with Gasteiger partial charge in [0.05, 0.1) is 11.9 Å². The Morgan fingerprint density at radius 1 is 1.12 bits per heavy atom. The van der Waals surface area contributed by atoms with Crippen LogP contribution in [0.5, 0.6) is 0 Å². The maximum atomic E-state index is 10.7. The average molecular weight is 234 g/mol. The molecule has 4 heteroatoms. The van der Waals surface area contributed by atoms with Gasteiger partial charge < -0.3 is 10.0 Å².